The Bertz CT molecular complexity index is 717. The van der Waals surface area contributed by atoms with E-state index < -0.39 is 4.92 Å². The molecular formula is C13H12BrN3O4S. The maximum Gasteiger partial charge on any atom is 0.277 e. The van der Waals surface area contributed by atoms with Gasteiger partial charge in [-0.2, -0.15) is 0 Å². The van der Waals surface area contributed by atoms with E-state index >= 15 is 0 Å². The maximum atomic E-state index is 12.2. The van der Waals surface area contributed by atoms with E-state index in [1.807, 2.05) is 13.8 Å². The van der Waals surface area contributed by atoms with Crippen molar-refractivity contribution < 1.29 is 14.1 Å². The zero-order valence-electron chi connectivity index (χ0n) is 11.8. The number of nitrogens with zero attached hydrogens (tertiary/aromatic N) is 3. The van der Waals surface area contributed by atoms with E-state index in [2.05, 4.69) is 26.1 Å². The molecule has 2 aromatic rings. The van der Waals surface area contributed by atoms with Crippen LogP contribution in [-0.4, -0.2) is 26.7 Å². The molecule has 1 heterocycles. The lowest BCUT2D eigenvalue weighted by Crippen LogP contribution is -2.04. The third kappa shape index (κ3) is 3.92. The number of thioether (sulfide) groups is 1. The molecule has 0 unspecified atom stereocenters. The van der Waals surface area contributed by atoms with Crippen LogP contribution in [0.4, 0.5) is 5.69 Å². The van der Waals surface area contributed by atoms with Gasteiger partial charge in [0.1, 0.15) is 0 Å². The minimum Gasteiger partial charge on any atom is -0.416 e. The molecule has 2 rings (SSSR count). The van der Waals surface area contributed by atoms with Crippen molar-refractivity contribution in [1.29, 1.82) is 0 Å². The summed E-state index contributed by atoms with van der Waals surface area (Å²) in [4.78, 5) is 22.4. The number of nitro groups is 1. The molecule has 0 saturated heterocycles. The predicted molar refractivity (Wildman–Crippen MR) is 84.2 cm³/mol. The highest BCUT2D eigenvalue weighted by atomic mass is 79.9. The Hall–Kier alpha value is -1.74. The highest BCUT2D eigenvalue weighted by Gasteiger charge is 2.17. The Kier molecular flexibility index (Phi) is 5.30. The summed E-state index contributed by atoms with van der Waals surface area (Å²) in [5.41, 5.74) is 0.127. The second-order valence-corrected chi connectivity index (χ2v) is 6.47. The van der Waals surface area contributed by atoms with Crippen molar-refractivity contribution in [2.75, 3.05) is 5.75 Å². The predicted octanol–water partition coefficient (Wildman–Crippen LogP) is 3.84. The number of hydrogen-bond donors (Lipinski definition) is 0. The molecular weight excluding hydrogens is 374 g/mol. The van der Waals surface area contributed by atoms with Crippen LogP contribution in [0.5, 0.6) is 0 Å². The van der Waals surface area contributed by atoms with Crippen molar-refractivity contribution in [2.45, 2.75) is 25.0 Å². The minimum absolute atomic E-state index is 0.0551. The van der Waals surface area contributed by atoms with Crippen molar-refractivity contribution in [3.05, 3.63) is 44.2 Å². The molecule has 7 nitrogen and oxygen atoms in total. The van der Waals surface area contributed by atoms with Gasteiger partial charge in [-0.25, -0.2) is 0 Å². The van der Waals surface area contributed by atoms with Crippen LogP contribution in [-0.2, 0) is 0 Å². The van der Waals surface area contributed by atoms with E-state index in [1.165, 1.54) is 18.2 Å². The number of carbonyl (C=O) groups is 1. The first kappa shape index (κ1) is 16.6. The van der Waals surface area contributed by atoms with Gasteiger partial charge in [0, 0.05) is 28.1 Å². The molecule has 1 aromatic carbocycles. The lowest BCUT2D eigenvalue weighted by Gasteiger charge is -2.02. The van der Waals surface area contributed by atoms with Crippen LogP contribution in [0.25, 0.3) is 0 Å². The van der Waals surface area contributed by atoms with Gasteiger partial charge in [-0.15, -0.1) is 10.2 Å². The SMILES string of the molecule is CC(C)c1nnc(SCC(=O)c2cc([N+](=O)[O-])ccc2Br)o1. The number of carbonyl (C=O) groups excluding carboxylic acids is 1. The highest BCUT2D eigenvalue weighted by molar-refractivity contribution is 9.10. The van der Waals surface area contributed by atoms with Gasteiger partial charge in [-0.05, 0) is 6.07 Å². The van der Waals surface area contributed by atoms with Crippen molar-refractivity contribution in [2.24, 2.45) is 0 Å². The lowest BCUT2D eigenvalue weighted by atomic mass is 10.1. The molecule has 0 aliphatic carbocycles. The van der Waals surface area contributed by atoms with Gasteiger partial charge in [-0.1, -0.05) is 41.5 Å². The molecule has 0 aliphatic rings. The Labute approximate surface area is 138 Å². The smallest absolute Gasteiger partial charge is 0.277 e. The van der Waals surface area contributed by atoms with Gasteiger partial charge in [0.15, 0.2) is 5.78 Å². The molecule has 0 saturated carbocycles. The van der Waals surface area contributed by atoms with Crippen LogP contribution in [0, 0.1) is 10.1 Å². The molecule has 0 atom stereocenters. The number of Topliss-reactive ketones (excluding diaryl/α,β-unsaturated/α-hetero) is 1. The van der Waals surface area contributed by atoms with Crippen LogP contribution in [0.3, 0.4) is 0 Å². The van der Waals surface area contributed by atoms with Gasteiger partial charge in [-0.3, -0.25) is 14.9 Å². The van der Waals surface area contributed by atoms with E-state index in [4.69, 9.17) is 4.42 Å². The van der Waals surface area contributed by atoms with E-state index in [9.17, 15) is 14.9 Å². The molecule has 0 radical (unpaired) electrons. The largest absolute Gasteiger partial charge is 0.416 e. The van der Waals surface area contributed by atoms with Crippen LogP contribution in [0.1, 0.15) is 36.0 Å². The first-order valence-corrected chi connectivity index (χ1v) is 8.09. The van der Waals surface area contributed by atoms with Gasteiger partial charge in [0.2, 0.25) is 5.89 Å². The normalized spacial score (nSPS) is 10.9. The first-order chi connectivity index (χ1) is 10.4. The molecule has 9 heteroatoms. The van der Waals surface area contributed by atoms with Gasteiger partial charge in [0.05, 0.1) is 10.7 Å². The average Bonchev–Trinajstić information content (AvgIpc) is 2.94. The topological polar surface area (TPSA) is 99.1 Å². The minimum atomic E-state index is -0.538. The van der Waals surface area contributed by atoms with Crippen LogP contribution < -0.4 is 0 Å². The fraction of sp³-hybridized carbons (Fsp3) is 0.308. The zero-order valence-corrected chi connectivity index (χ0v) is 14.2. The molecule has 0 N–H and O–H groups in total. The first-order valence-electron chi connectivity index (χ1n) is 6.32. The molecule has 0 aliphatic heterocycles. The summed E-state index contributed by atoms with van der Waals surface area (Å²) in [7, 11) is 0. The van der Waals surface area contributed by atoms with Crippen molar-refractivity contribution in [1.82, 2.24) is 10.2 Å². The Morgan fingerprint density at radius 3 is 2.77 bits per heavy atom. The number of halogens is 1. The second kappa shape index (κ2) is 7.01. The zero-order chi connectivity index (χ0) is 16.3. The van der Waals surface area contributed by atoms with Crippen molar-refractivity contribution in [3.8, 4) is 0 Å². The molecule has 0 amide bonds. The van der Waals surface area contributed by atoms with E-state index in [0.717, 1.165) is 11.8 Å². The summed E-state index contributed by atoms with van der Waals surface area (Å²) in [6.07, 6.45) is 0. The molecule has 22 heavy (non-hydrogen) atoms. The number of non-ortho nitro benzene ring substituents is 1. The summed E-state index contributed by atoms with van der Waals surface area (Å²) >= 11 is 4.33. The molecule has 0 fully saturated rings. The molecule has 1 aromatic heterocycles. The van der Waals surface area contributed by atoms with Gasteiger partial charge in [0.25, 0.3) is 10.9 Å². The lowest BCUT2D eigenvalue weighted by molar-refractivity contribution is -0.384. The van der Waals surface area contributed by atoms with Crippen LogP contribution in [0.15, 0.2) is 32.3 Å². The second-order valence-electron chi connectivity index (χ2n) is 4.69. The fourth-order valence-corrected chi connectivity index (χ4v) is 2.68. The summed E-state index contributed by atoms with van der Waals surface area (Å²) in [5.74, 6) is 0.416. The number of benzene rings is 1. The average molecular weight is 386 g/mol. The van der Waals surface area contributed by atoms with E-state index in [1.54, 1.807) is 0 Å². The van der Waals surface area contributed by atoms with Gasteiger partial charge >= 0.3 is 0 Å². The molecule has 0 spiro atoms. The van der Waals surface area contributed by atoms with Crippen molar-refractivity contribution in [3.63, 3.8) is 0 Å². The Morgan fingerprint density at radius 2 is 2.18 bits per heavy atom. The third-order valence-corrected chi connectivity index (χ3v) is 4.21. The number of nitro benzene ring substituents is 1. The number of hydrogen-bond acceptors (Lipinski definition) is 7. The number of aromatic nitrogens is 2. The third-order valence-electron chi connectivity index (χ3n) is 2.70. The maximum absolute atomic E-state index is 12.2. The van der Waals surface area contributed by atoms with Crippen LogP contribution >= 0.6 is 27.7 Å². The monoisotopic (exact) mass is 385 g/mol. The number of rotatable bonds is 6. The quantitative estimate of drug-likeness (QED) is 0.322. The standard InChI is InChI=1S/C13H12BrN3O4S/c1-7(2)12-15-16-13(21-12)22-6-11(18)9-5-8(17(19)20)3-4-10(9)14/h3-5,7H,6H2,1-2H3. The highest BCUT2D eigenvalue weighted by Crippen LogP contribution is 2.26. The van der Waals surface area contributed by atoms with E-state index in [0.29, 0.717) is 15.6 Å². The Morgan fingerprint density at radius 1 is 1.45 bits per heavy atom. The Balaban J connectivity index is 2.08. The summed E-state index contributed by atoms with van der Waals surface area (Å²) in [6.45, 7) is 3.85. The van der Waals surface area contributed by atoms with Gasteiger partial charge < -0.3 is 4.42 Å². The summed E-state index contributed by atoms with van der Waals surface area (Å²) in [6, 6.07) is 4.07. The molecule has 0 bridgehead atoms. The van der Waals surface area contributed by atoms with Crippen LogP contribution in [0.2, 0.25) is 0 Å². The van der Waals surface area contributed by atoms with E-state index in [-0.39, 0.29) is 28.7 Å². The number of ketones is 1. The molecule has 116 valence electrons. The summed E-state index contributed by atoms with van der Waals surface area (Å²) < 4.78 is 5.90. The summed E-state index contributed by atoms with van der Waals surface area (Å²) in [5, 5.41) is 18.8. The fourth-order valence-electron chi connectivity index (χ4n) is 1.56. The van der Waals surface area contributed by atoms with Crippen molar-refractivity contribution >= 4 is 39.2 Å².